The molecule has 0 unspecified atom stereocenters. The van der Waals surface area contributed by atoms with Gasteiger partial charge in [0.1, 0.15) is 0 Å². The summed E-state index contributed by atoms with van der Waals surface area (Å²) < 4.78 is 23.5. The van der Waals surface area contributed by atoms with Crippen LogP contribution in [-0.4, -0.2) is 18.1 Å². The van der Waals surface area contributed by atoms with Crippen LogP contribution in [0.25, 0.3) is 0 Å². The number of rotatable bonds is 5. The van der Waals surface area contributed by atoms with E-state index in [0.717, 1.165) is 0 Å². The Bertz CT molecular complexity index is 266. The molecule has 0 heterocycles. The summed E-state index contributed by atoms with van der Waals surface area (Å²) >= 11 is 0. The van der Waals surface area contributed by atoms with Gasteiger partial charge in [-0.15, -0.1) is 0 Å². The molecule has 0 aromatic rings. The Hall–Kier alpha value is -0.250. The minimum Gasteiger partial charge on any atom is -0.811 e. The first-order valence-corrected chi connectivity index (χ1v) is 6.46. The van der Waals surface area contributed by atoms with E-state index < -0.39 is 31.1 Å². The lowest BCUT2D eigenvalue weighted by molar-refractivity contribution is -0.313. The van der Waals surface area contributed by atoms with Crippen LogP contribution in [0.5, 0.6) is 0 Å². The summed E-state index contributed by atoms with van der Waals surface area (Å²) in [4.78, 5) is 31.8. The Balaban J connectivity index is 4.01. The van der Waals surface area contributed by atoms with Crippen molar-refractivity contribution < 1.29 is 23.5 Å². The van der Waals surface area contributed by atoms with Gasteiger partial charge in [0.05, 0.1) is 0 Å². The van der Waals surface area contributed by atoms with E-state index in [0.29, 0.717) is 0 Å². The molecule has 0 aromatic carbocycles. The molecule has 0 bridgehead atoms. The quantitative estimate of drug-likeness (QED) is 0.658. The zero-order valence-electron chi connectivity index (χ0n) is 9.16. The molecule has 0 spiro atoms. The molecular weight excluding hydrogens is 222 g/mol. The Kier molecular flexibility index (Phi) is 5.10. The Morgan fingerprint density at radius 2 is 1.87 bits per heavy atom. The zero-order chi connectivity index (χ0) is 12.3. The van der Waals surface area contributed by atoms with Crippen molar-refractivity contribution in [3.05, 3.63) is 0 Å². The molecule has 0 N–H and O–H groups in total. The fourth-order valence-corrected chi connectivity index (χ4v) is 1.63. The average molecular weight is 238 g/mol. The highest BCUT2D eigenvalue weighted by Gasteiger charge is 2.28. The van der Waals surface area contributed by atoms with Crippen molar-refractivity contribution in [2.75, 3.05) is 6.16 Å². The van der Waals surface area contributed by atoms with Gasteiger partial charge in [0.25, 0.3) is 0 Å². The molecule has 0 aromatic heterocycles. The van der Waals surface area contributed by atoms with Crippen molar-refractivity contribution in [1.82, 2.24) is 0 Å². The van der Waals surface area contributed by atoms with E-state index in [9.17, 15) is 23.5 Å². The number of Topliss-reactive ketones (excluding diaryl/α,β-unsaturated/α-hetero) is 1. The highest BCUT2D eigenvalue weighted by Crippen LogP contribution is 2.27. The van der Waals surface area contributed by atoms with Crippen LogP contribution in [0.1, 0.15) is 33.6 Å². The summed E-state index contributed by atoms with van der Waals surface area (Å²) in [6, 6.07) is 0. The van der Waals surface area contributed by atoms with Gasteiger partial charge in [-0.1, -0.05) is 28.4 Å². The Morgan fingerprint density at radius 3 is 2.20 bits per heavy atom. The Morgan fingerprint density at radius 1 is 1.40 bits per heavy atom. The summed E-state index contributed by atoms with van der Waals surface area (Å²) in [5, 5.41) is 0. The van der Waals surface area contributed by atoms with Gasteiger partial charge in [0.15, 0.2) is 12.0 Å². The molecule has 15 heavy (non-hydrogen) atoms. The minimum atomic E-state index is -4.57. The summed E-state index contributed by atoms with van der Waals surface area (Å²) in [5.41, 5.74) is -0.780. The summed E-state index contributed by atoms with van der Waals surface area (Å²) in [6.07, 6.45) is -2.58. The lowest BCUT2D eigenvalue weighted by atomic mass is 9.87. The summed E-state index contributed by atoms with van der Waals surface area (Å²) in [6.45, 7) is 4.77. The summed E-state index contributed by atoms with van der Waals surface area (Å²) in [5.74, 6) is -0.561. The van der Waals surface area contributed by atoms with Gasteiger partial charge >= 0.3 is 0 Å². The molecule has 0 saturated heterocycles. The van der Waals surface area contributed by atoms with Gasteiger partial charge in [0.2, 0.25) is 0 Å². The number of carbonyl (C=O) groups is 1. The van der Waals surface area contributed by atoms with Gasteiger partial charge in [-0.3, -0.25) is 4.79 Å². The van der Waals surface area contributed by atoms with Crippen molar-refractivity contribution in [1.29, 1.82) is 0 Å². The molecule has 4 nitrogen and oxygen atoms in total. The maximum absolute atomic E-state index is 13.2. The van der Waals surface area contributed by atoms with Gasteiger partial charge in [0, 0.05) is 5.41 Å². The van der Waals surface area contributed by atoms with E-state index in [1.165, 1.54) is 0 Å². The molecule has 0 radical (unpaired) electrons. The van der Waals surface area contributed by atoms with E-state index in [2.05, 4.69) is 0 Å². The monoisotopic (exact) mass is 238 g/mol. The second-order valence-electron chi connectivity index (χ2n) is 4.56. The standard InChI is InChI=1S/C9H18FO4P/c1-9(2,3)8(11)7(10)5-4-6-15(12,13)14/h7H,4-6H2,1-3H3,(H2,12,13,14)/p-2/t7-/m0/s1. The first-order chi connectivity index (χ1) is 6.54. The first kappa shape index (κ1) is 14.8. The fourth-order valence-electron chi connectivity index (χ4n) is 1.07. The summed E-state index contributed by atoms with van der Waals surface area (Å²) in [7, 11) is -4.57. The number of halogens is 1. The van der Waals surface area contributed by atoms with E-state index in [4.69, 9.17) is 0 Å². The van der Waals surface area contributed by atoms with Crippen molar-refractivity contribution in [2.24, 2.45) is 5.41 Å². The van der Waals surface area contributed by atoms with Crippen LogP contribution >= 0.6 is 7.60 Å². The predicted octanol–water partition coefficient (Wildman–Crippen LogP) is 0.634. The molecule has 0 saturated carbocycles. The molecule has 0 aliphatic carbocycles. The van der Waals surface area contributed by atoms with Crippen LogP contribution in [0.2, 0.25) is 0 Å². The smallest absolute Gasteiger partial charge is 0.172 e. The molecule has 0 amide bonds. The van der Waals surface area contributed by atoms with Gasteiger partial charge in [-0.25, -0.2) is 4.39 Å². The van der Waals surface area contributed by atoms with E-state index in [-0.39, 0.29) is 12.8 Å². The normalized spacial score (nSPS) is 15.1. The highest BCUT2D eigenvalue weighted by molar-refractivity contribution is 7.48. The fraction of sp³-hybridized carbons (Fsp3) is 0.889. The molecule has 0 rings (SSSR count). The van der Waals surface area contributed by atoms with E-state index in [1.807, 2.05) is 0 Å². The molecule has 0 aliphatic rings. The van der Waals surface area contributed by atoms with Crippen LogP contribution in [0.3, 0.4) is 0 Å². The van der Waals surface area contributed by atoms with Crippen LogP contribution in [0.15, 0.2) is 0 Å². The minimum absolute atomic E-state index is 0.104. The third-order valence-electron chi connectivity index (χ3n) is 1.91. The Labute approximate surface area is 89.0 Å². The largest absolute Gasteiger partial charge is 0.811 e. The molecule has 0 fully saturated rings. The lowest BCUT2D eigenvalue weighted by Gasteiger charge is -2.29. The van der Waals surface area contributed by atoms with Gasteiger partial charge in [-0.2, -0.15) is 0 Å². The van der Waals surface area contributed by atoms with Gasteiger partial charge in [-0.05, 0) is 19.0 Å². The highest BCUT2D eigenvalue weighted by atomic mass is 31.2. The van der Waals surface area contributed by atoms with Crippen LogP contribution in [0.4, 0.5) is 4.39 Å². The number of carbonyl (C=O) groups excluding carboxylic acids is 1. The topological polar surface area (TPSA) is 80.3 Å². The third-order valence-corrected chi connectivity index (χ3v) is 2.78. The van der Waals surface area contributed by atoms with E-state index in [1.54, 1.807) is 20.8 Å². The zero-order valence-corrected chi connectivity index (χ0v) is 10.1. The van der Waals surface area contributed by atoms with Gasteiger partial charge < -0.3 is 14.4 Å². The van der Waals surface area contributed by atoms with Crippen molar-refractivity contribution in [3.63, 3.8) is 0 Å². The maximum Gasteiger partial charge on any atom is 0.172 e. The van der Waals surface area contributed by atoms with Crippen molar-refractivity contribution in [3.8, 4) is 0 Å². The van der Waals surface area contributed by atoms with Crippen LogP contribution < -0.4 is 9.79 Å². The lowest BCUT2D eigenvalue weighted by Crippen LogP contribution is -2.30. The first-order valence-electron chi connectivity index (χ1n) is 4.73. The maximum atomic E-state index is 13.2. The van der Waals surface area contributed by atoms with Crippen molar-refractivity contribution in [2.45, 2.75) is 39.8 Å². The SMILES string of the molecule is CC(C)(C)C(=O)[C@@H](F)CCCP(=O)([O-])[O-]. The number of alkyl halides is 1. The van der Waals surface area contributed by atoms with Crippen molar-refractivity contribution >= 4 is 13.4 Å². The average Bonchev–Trinajstić information content (AvgIpc) is 1.98. The molecular formula is C9H16FO4P-2. The third kappa shape index (κ3) is 6.77. The second-order valence-corrected chi connectivity index (χ2v) is 6.23. The van der Waals surface area contributed by atoms with Crippen LogP contribution in [0, 0.1) is 5.41 Å². The predicted molar refractivity (Wildman–Crippen MR) is 51.1 cm³/mol. The van der Waals surface area contributed by atoms with Crippen LogP contribution in [-0.2, 0) is 9.36 Å². The number of hydrogen-bond acceptors (Lipinski definition) is 4. The molecule has 0 aliphatic heterocycles. The molecule has 6 heteroatoms. The second kappa shape index (κ2) is 5.19. The van der Waals surface area contributed by atoms with E-state index >= 15 is 0 Å². The number of hydrogen-bond donors (Lipinski definition) is 0. The number of ketones is 1. The molecule has 90 valence electrons. The molecule has 1 atom stereocenters.